The van der Waals surface area contributed by atoms with Gasteiger partial charge in [-0.05, 0) is 50.2 Å². The molecule has 0 amide bonds. The minimum atomic E-state index is 0.352. The van der Waals surface area contributed by atoms with Gasteiger partial charge in [0.05, 0.1) is 0 Å². The van der Waals surface area contributed by atoms with Crippen LogP contribution in [0, 0.1) is 10.8 Å². The third kappa shape index (κ3) is 4.43. The fourth-order valence-electron chi connectivity index (χ4n) is 3.84. The molecule has 124 valence electrons. The average molecular weight is 296 g/mol. The number of likely N-dealkylation sites (tertiary alicyclic amines) is 1. The lowest BCUT2D eigenvalue weighted by molar-refractivity contribution is 0.0242. The summed E-state index contributed by atoms with van der Waals surface area (Å²) in [5.74, 6) is 0. The molecule has 0 aromatic carbocycles. The molecule has 1 N–H and O–H groups in total. The molecule has 3 heteroatoms. The lowest BCUT2D eigenvalue weighted by Gasteiger charge is -2.49. The normalized spacial score (nSPS) is 32.3. The monoisotopic (exact) mass is 295 g/mol. The summed E-state index contributed by atoms with van der Waals surface area (Å²) >= 11 is 0. The number of rotatable bonds is 3. The molecule has 0 saturated carbocycles. The van der Waals surface area contributed by atoms with Gasteiger partial charge in [-0.2, -0.15) is 0 Å². The minimum absolute atomic E-state index is 0.352. The highest BCUT2D eigenvalue weighted by molar-refractivity contribution is 4.94. The Morgan fingerprint density at radius 2 is 1.81 bits per heavy atom. The summed E-state index contributed by atoms with van der Waals surface area (Å²) in [4.78, 5) is 5.28. The molecule has 2 unspecified atom stereocenters. The largest absolute Gasteiger partial charge is 0.311 e. The molecule has 2 aliphatic rings. The Bertz CT molecular complexity index is 326. The van der Waals surface area contributed by atoms with Crippen LogP contribution in [0.15, 0.2) is 0 Å². The molecule has 2 saturated heterocycles. The van der Waals surface area contributed by atoms with E-state index in [1.54, 1.807) is 0 Å². The van der Waals surface area contributed by atoms with Crippen molar-refractivity contribution in [2.24, 2.45) is 10.8 Å². The molecule has 3 nitrogen and oxygen atoms in total. The van der Waals surface area contributed by atoms with E-state index in [4.69, 9.17) is 0 Å². The maximum Gasteiger partial charge on any atom is 0.0244 e. The minimum Gasteiger partial charge on any atom is -0.311 e. The topological polar surface area (TPSA) is 18.5 Å². The third-order valence-electron chi connectivity index (χ3n) is 5.83. The van der Waals surface area contributed by atoms with Gasteiger partial charge in [0.15, 0.2) is 0 Å². The van der Waals surface area contributed by atoms with Crippen LogP contribution in [0.1, 0.15) is 53.9 Å². The molecule has 2 rings (SSSR count). The molecule has 0 spiro atoms. The highest BCUT2D eigenvalue weighted by Gasteiger charge is 2.37. The highest BCUT2D eigenvalue weighted by Crippen LogP contribution is 2.34. The lowest BCUT2D eigenvalue weighted by atomic mass is 9.78. The Hall–Kier alpha value is -0.120. The van der Waals surface area contributed by atoms with Crippen LogP contribution < -0.4 is 5.32 Å². The van der Waals surface area contributed by atoms with Crippen molar-refractivity contribution < 1.29 is 0 Å². The number of hydrogen-bond acceptors (Lipinski definition) is 3. The van der Waals surface area contributed by atoms with E-state index in [0.29, 0.717) is 16.9 Å². The molecule has 0 aromatic heterocycles. The van der Waals surface area contributed by atoms with Gasteiger partial charge in [0.1, 0.15) is 0 Å². The van der Waals surface area contributed by atoms with Gasteiger partial charge < -0.3 is 10.2 Å². The molecule has 0 aromatic rings. The maximum absolute atomic E-state index is 3.80. The van der Waals surface area contributed by atoms with Crippen molar-refractivity contribution in [2.45, 2.75) is 66.0 Å². The molecular formula is C18H37N3. The molecule has 2 fully saturated rings. The summed E-state index contributed by atoms with van der Waals surface area (Å²) in [6.45, 7) is 18.2. The van der Waals surface area contributed by atoms with E-state index in [1.807, 2.05) is 0 Å². The van der Waals surface area contributed by atoms with Crippen LogP contribution in [0.5, 0.6) is 0 Å². The summed E-state index contributed by atoms with van der Waals surface area (Å²) in [5, 5.41) is 3.80. The summed E-state index contributed by atoms with van der Waals surface area (Å²) in [5.41, 5.74) is 0.865. The zero-order valence-electron chi connectivity index (χ0n) is 15.2. The van der Waals surface area contributed by atoms with Gasteiger partial charge in [0.2, 0.25) is 0 Å². The summed E-state index contributed by atoms with van der Waals surface area (Å²) in [6, 6.07) is 1.34. The first kappa shape index (κ1) is 17.2. The Kier molecular flexibility index (Phi) is 5.38. The SMILES string of the molecule is CCC1CNC(C(C)(C)C)CN1CC1(C)CCN(C)CC1. The Labute approximate surface area is 132 Å². The highest BCUT2D eigenvalue weighted by atomic mass is 15.2. The van der Waals surface area contributed by atoms with Crippen LogP contribution in [0.4, 0.5) is 0 Å². The van der Waals surface area contributed by atoms with Gasteiger partial charge in [-0.15, -0.1) is 0 Å². The van der Waals surface area contributed by atoms with Gasteiger partial charge in [0.25, 0.3) is 0 Å². The van der Waals surface area contributed by atoms with Crippen molar-refractivity contribution in [1.82, 2.24) is 15.1 Å². The summed E-state index contributed by atoms with van der Waals surface area (Å²) in [6.07, 6.45) is 3.97. The maximum atomic E-state index is 3.80. The van der Waals surface area contributed by atoms with Gasteiger partial charge in [-0.25, -0.2) is 0 Å². The standard InChI is InChI=1S/C18H37N3/c1-7-15-12-19-16(17(2,3)4)13-21(15)14-18(5)8-10-20(6)11-9-18/h15-16,19H,7-14H2,1-6H3. The first-order chi connectivity index (χ1) is 9.73. The molecule has 0 aliphatic carbocycles. The van der Waals surface area contributed by atoms with Crippen molar-refractivity contribution in [3.63, 3.8) is 0 Å². The quantitative estimate of drug-likeness (QED) is 0.864. The fraction of sp³-hybridized carbons (Fsp3) is 1.00. The number of hydrogen-bond donors (Lipinski definition) is 1. The van der Waals surface area contributed by atoms with Crippen LogP contribution in [-0.2, 0) is 0 Å². The summed E-state index contributed by atoms with van der Waals surface area (Å²) < 4.78 is 0. The van der Waals surface area contributed by atoms with Crippen molar-refractivity contribution in [3.8, 4) is 0 Å². The number of piperidine rings is 1. The molecule has 2 atom stereocenters. The van der Waals surface area contributed by atoms with Gasteiger partial charge in [0, 0.05) is 31.7 Å². The van der Waals surface area contributed by atoms with Crippen LogP contribution in [0.25, 0.3) is 0 Å². The van der Waals surface area contributed by atoms with E-state index >= 15 is 0 Å². The second-order valence-corrected chi connectivity index (χ2v) is 8.93. The lowest BCUT2D eigenvalue weighted by Crippen LogP contribution is -2.62. The molecular weight excluding hydrogens is 258 g/mol. The van der Waals surface area contributed by atoms with Crippen LogP contribution >= 0.6 is 0 Å². The predicted octanol–water partition coefficient (Wildman–Crippen LogP) is 2.82. The van der Waals surface area contributed by atoms with Crippen molar-refractivity contribution in [2.75, 3.05) is 39.8 Å². The van der Waals surface area contributed by atoms with E-state index in [0.717, 1.165) is 12.6 Å². The average Bonchev–Trinajstić information content (AvgIpc) is 2.41. The van der Waals surface area contributed by atoms with Gasteiger partial charge in [-0.1, -0.05) is 34.6 Å². The Morgan fingerprint density at radius 1 is 1.19 bits per heavy atom. The van der Waals surface area contributed by atoms with E-state index in [1.165, 1.54) is 45.4 Å². The van der Waals surface area contributed by atoms with Gasteiger partial charge >= 0.3 is 0 Å². The summed E-state index contributed by atoms with van der Waals surface area (Å²) in [7, 11) is 2.26. The zero-order valence-corrected chi connectivity index (χ0v) is 15.2. The smallest absolute Gasteiger partial charge is 0.0244 e. The van der Waals surface area contributed by atoms with Crippen LogP contribution in [0.2, 0.25) is 0 Å². The molecule has 2 aliphatic heterocycles. The number of nitrogens with zero attached hydrogens (tertiary/aromatic N) is 2. The third-order valence-corrected chi connectivity index (χ3v) is 5.83. The molecule has 21 heavy (non-hydrogen) atoms. The number of nitrogens with one attached hydrogen (secondary N) is 1. The van der Waals surface area contributed by atoms with E-state index in [-0.39, 0.29) is 0 Å². The first-order valence-electron chi connectivity index (χ1n) is 8.89. The van der Waals surface area contributed by atoms with Crippen LogP contribution in [0.3, 0.4) is 0 Å². The second kappa shape index (κ2) is 6.55. The molecule has 0 radical (unpaired) electrons. The zero-order chi connectivity index (χ0) is 15.7. The molecule has 2 heterocycles. The van der Waals surface area contributed by atoms with Crippen molar-refractivity contribution >= 4 is 0 Å². The van der Waals surface area contributed by atoms with E-state index in [2.05, 4.69) is 56.8 Å². The Balaban J connectivity index is 2.00. The van der Waals surface area contributed by atoms with Crippen LogP contribution in [-0.4, -0.2) is 61.7 Å². The molecule has 0 bridgehead atoms. The van der Waals surface area contributed by atoms with E-state index in [9.17, 15) is 0 Å². The Morgan fingerprint density at radius 3 is 2.33 bits per heavy atom. The fourth-order valence-corrected chi connectivity index (χ4v) is 3.84. The second-order valence-electron chi connectivity index (χ2n) is 8.93. The predicted molar refractivity (Wildman–Crippen MR) is 91.7 cm³/mol. The van der Waals surface area contributed by atoms with Crippen molar-refractivity contribution in [3.05, 3.63) is 0 Å². The van der Waals surface area contributed by atoms with E-state index < -0.39 is 0 Å². The first-order valence-corrected chi connectivity index (χ1v) is 8.89. The van der Waals surface area contributed by atoms with Gasteiger partial charge in [-0.3, -0.25) is 4.90 Å². The van der Waals surface area contributed by atoms with Crippen molar-refractivity contribution in [1.29, 1.82) is 0 Å². The number of piperazine rings is 1.